The fraction of sp³-hybridized carbons (Fsp3) is 0.750. The zero-order valence-corrected chi connectivity index (χ0v) is 14.5. The first-order valence-electron chi connectivity index (χ1n) is 8.60. The van der Waals surface area contributed by atoms with E-state index in [-0.39, 0.29) is 5.41 Å². The fourth-order valence-electron chi connectivity index (χ4n) is 4.40. The maximum Gasteiger partial charge on any atom is 0.282 e. The lowest BCUT2D eigenvalue weighted by atomic mass is 9.78. The Balaban J connectivity index is 1.65. The molecule has 1 aromatic rings. The number of fused-ring (bicyclic) bond motifs is 2. The smallest absolute Gasteiger partial charge is 0.241 e. The second-order valence-electron chi connectivity index (χ2n) is 7.12. The van der Waals surface area contributed by atoms with Gasteiger partial charge in [0.25, 0.3) is 10.2 Å². The Morgan fingerprint density at radius 1 is 1.09 bits per heavy atom. The Hall–Kier alpha value is -1.05. The number of aryl methyl sites for hydroxylation is 2. The van der Waals surface area contributed by atoms with Gasteiger partial charge in [-0.3, -0.25) is 0 Å². The Bertz CT molecular complexity index is 711. The number of aromatic nitrogens is 2. The lowest BCUT2D eigenvalue weighted by Crippen LogP contribution is -2.52. The molecule has 1 unspecified atom stereocenters. The van der Waals surface area contributed by atoms with Crippen molar-refractivity contribution >= 4 is 10.2 Å². The minimum Gasteiger partial charge on any atom is -0.241 e. The van der Waals surface area contributed by atoms with E-state index in [1.807, 2.05) is 13.1 Å². The van der Waals surface area contributed by atoms with Crippen LogP contribution in [-0.4, -0.2) is 53.2 Å². The van der Waals surface area contributed by atoms with Gasteiger partial charge in [-0.2, -0.15) is 17.0 Å². The molecule has 3 aliphatic rings. The first-order chi connectivity index (χ1) is 11.0. The minimum absolute atomic E-state index is 0.103. The van der Waals surface area contributed by atoms with Gasteiger partial charge in [0.2, 0.25) is 0 Å². The van der Waals surface area contributed by atoms with Crippen molar-refractivity contribution in [1.29, 1.82) is 0 Å². The summed E-state index contributed by atoms with van der Waals surface area (Å²) in [6, 6.07) is 0. The van der Waals surface area contributed by atoms with Crippen molar-refractivity contribution in [1.82, 2.24) is 18.6 Å². The van der Waals surface area contributed by atoms with Crippen molar-refractivity contribution in [3.63, 3.8) is 0 Å². The van der Waals surface area contributed by atoms with Gasteiger partial charge < -0.3 is 0 Å². The zero-order valence-electron chi connectivity index (χ0n) is 13.7. The second kappa shape index (κ2) is 5.50. The van der Waals surface area contributed by atoms with Crippen molar-refractivity contribution in [2.24, 2.45) is 0 Å². The van der Waals surface area contributed by atoms with Gasteiger partial charge in [-0.1, -0.05) is 0 Å². The van der Waals surface area contributed by atoms with E-state index < -0.39 is 10.2 Å². The Morgan fingerprint density at radius 2 is 1.83 bits per heavy atom. The summed E-state index contributed by atoms with van der Waals surface area (Å²) < 4.78 is 29.2. The van der Waals surface area contributed by atoms with E-state index in [0.29, 0.717) is 26.2 Å². The van der Waals surface area contributed by atoms with Gasteiger partial charge in [-0.25, -0.2) is 9.97 Å². The minimum atomic E-state index is -3.31. The molecular weight excluding hydrogens is 312 g/mol. The SMILES string of the molecule is Cc1ncc2c(n1)C1(CCCN(S(=O)(=O)N3CCCC3)C1)CC2. The molecule has 2 fully saturated rings. The highest BCUT2D eigenvalue weighted by Crippen LogP contribution is 2.44. The summed E-state index contributed by atoms with van der Waals surface area (Å²) in [5, 5.41) is 0. The molecule has 0 amide bonds. The van der Waals surface area contributed by atoms with Gasteiger partial charge >= 0.3 is 0 Å². The van der Waals surface area contributed by atoms with Gasteiger partial charge in [0.1, 0.15) is 5.82 Å². The number of nitrogens with zero attached hydrogens (tertiary/aromatic N) is 4. The van der Waals surface area contributed by atoms with Crippen molar-refractivity contribution < 1.29 is 8.42 Å². The van der Waals surface area contributed by atoms with E-state index >= 15 is 0 Å². The van der Waals surface area contributed by atoms with Crippen LogP contribution in [0.3, 0.4) is 0 Å². The number of rotatable bonds is 2. The summed E-state index contributed by atoms with van der Waals surface area (Å²) in [6.07, 6.45) is 7.79. The van der Waals surface area contributed by atoms with Crippen LogP contribution in [0.15, 0.2) is 6.20 Å². The van der Waals surface area contributed by atoms with Gasteiger partial charge in [-0.15, -0.1) is 0 Å². The Labute approximate surface area is 138 Å². The fourth-order valence-corrected chi connectivity index (χ4v) is 6.21. The number of hydrogen-bond acceptors (Lipinski definition) is 4. The molecule has 0 saturated carbocycles. The van der Waals surface area contributed by atoms with Crippen LogP contribution in [0.2, 0.25) is 0 Å². The molecule has 1 spiro atoms. The molecule has 2 saturated heterocycles. The third-order valence-corrected chi connectivity index (χ3v) is 7.60. The molecule has 2 aliphatic heterocycles. The predicted octanol–water partition coefficient (Wildman–Crippen LogP) is 1.41. The maximum absolute atomic E-state index is 12.9. The van der Waals surface area contributed by atoms with Crippen LogP contribution in [0.25, 0.3) is 0 Å². The van der Waals surface area contributed by atoms with Gasteiger partial charge in [-0.05, 0) is 51.0 Å². The summed E-state index contributed by atoms with van der Waals surface area (Å²) in [6.45, 7) is 4.47. The molecule has 6 nitrogen and oxygen atoms in total. The van der Waals surface area contributed by atoms with Crippen LogP contribution in [0, 0.1) is 6.92 Å². The molecule has 1 aromatic heterocycles. The van der Waals surface area contributed by atoms with E-state index in [9.17, 15) is 8.42 Å². The average molecular weight is 336 g/mol. The topological polar surface area (TPSA) is 66.4 Å². The van der Waals surface area contributed by atoms with Crippen molar-refractivity contribution in [2.75, 3.05) is 26.2 Å². The normalized spacial score (nSPS) is 29.3. The molecule has 1 aliphatic carbocycles. The summed E-state index contributed by atoms with van der Waals surface area (Å²) in [4.78, 5) is 9.01. The zero-order chi connectivity index (χ0) is 16.1. The average Bonchev–Trinajstić information content (AvgIpc) is 3.18. The van der Waals surface area contributed by atoms with Crippen molar-refractivity contribution in [3.05, 3.63) is 23.3 Å². The number of hydrogen-bond donors (Lipinski definition) is 0. The highest BCUT2D eigenvalue weighted by molar-refractivity contribution is 7.86. The van der Waals surface area contributed by atoms with Gasteiger partial charge in [0.05, 0.1) is 5.69 Å². The highest BCUT2D eigenvalue weighted by atomic mass is 32.2. The summed E-state index contributed by atoms with van der Waals surface area (Å²) in [7, 11) is -3.31. The third-order valence-electron chi connectivity index (χ3n) is 5.62. The number of piperidine rings is 1. The molecule has 1 atom stereocenters. The standard InChI is InChI=1S/C16H24N4O2S/c1-13-17-11-14-5-7-16(15(14)18-13)6-4-10-20(12-16)23(21,22)19-8-2-3-9-19/h11H,2-10,12H2,1H3. The summed E-state index contributed by atoms with van der Waals surface area (Å²) in [5.74, 6) is 0.782. The first kappa shape index (κ1) is 15.5. The van der Waals surface area contributed by atoms with Gasteiger partial charge in [0.15, 0.2) is 0 Å². The molecule has 7 heteroatoms. The molecule has 0 bridgehead atoms. The third kappa shape index (κ3) is 2.49. The van der Waals surface area contributed by atoms with Crippen LogP contribution in [0.5, 0.6) is 0 Å². The lowest BCUT2D eigenvalue weighted by Gasteiger charge is -2.40. The predicted molar refractivity (Wildman–Crippen MR) is 87.3 cm³/mol. The van der Waals surface area contributed by atoms with E-state index in [0.717, 1.165) is 50.0 Å². The molecule has 0 aromatic carbocycles. The monoisotopic (exact) mass is 336 g/mol. The second-order valence-corrected chi connectivity index (χ2v) is 9.05. The first-order valence-corrected chi connectivity index (χ1v) is 9.99. The van der Waals surface area contributed by atoms with E-state index in [1.54, 1.807) is 8.61 Å². The molecule has 4 rings (SSSR count). The molecule has 0 N–H and O–H groups in total. The lowest BCUT2D eigenvalue weighted by molar-refractivity contribution is 0.209. The van der Waals surface area contributed by atoms with Crippen molar-refractivity contribution in [2.45, 2.75) is 50.9 Å². The van der Waals surface area contributed by atoms with E-state index in [4.69, 9.17) is 4.98 Å². The van der Waals surface area contributed by atoms with E-state index in [2.05, 4.69) is 4.98 Å². The molecule has 0 radical (unpaired) electrons. The van der Waals surface area contributed by atoms with Crippen LogP contribution >= 0.6 is 0 Å². The Kier molecular flexibility index (Phi) is 3.70. The molecule has 126 valence electrons. The van der Waals surface area contributed by atoms with Crippen LogP contribution < -0.4 is 0 Å². The maximum atomic E-state index is 12.9. The summed E-state index contributed by atoms with van der Waals surface area (Å²) in [5.41, 5.74) is 2.20. The molecule has 3 heterocycles. The van der Waals surface area contributed by atoms with Crippen LogP contribution in [0.1, 0.15) is 49.2 Å². The van der Waals surface area contributed by atoms with Crippen LogP contribution in [-0.2, 0) is 22.0 Å². The summed E-state index contributed by atoms with van der Waals surface area (Å²) >= 11 is 0. The Morgan fingerprint density at radius 3 is 2.61 bits per heavy atom. The highest BCUT2D eigenvalue weighted by Gasteiger charge is 2.47. The molecular formula is C16H24N4O2S. The van der Waals surface area contributed by atoms with E-state index in [1.165, 1.54) is 5.56 Å². The van der Waals surface area contributed by atoms with Crippen LogP contribution in [0.4, 0.5) is 0 Å². The molecule has 23 heavy (non-hydrogen) atoms. The quantitative estimate of drug-likeness (QED) is 0.819. The van der Waals surface area contributed by atoms with Gasteiger partial charge in [0, 0.05) is 37.8 Å². The largest absolute Gasteiger partial charge is 0.282 e. The van der Waals surface area contributed by atoms with Crippen molar-refractivity contribution in [3.8, 4) is 0 Å².